The standard InChI is InChI=1S/C32H32Cl2F6N2O3/c1-44-41-29(20-45-19-21-15-24(31(35,36)37)18-25(16-21)32(38,39)40)26(22-7-8-27(33)28(34)17-22)9-12-42-13-10-30(43,11-14-42)23-5-3-2-4-6-23/h2-8,15-18,26,43H,9-14,19-20H2,1H3/b41-29-. The molecule has 0 radical (unpaired) electrons. The minimum Gasteiger partial charge on any atom is -0.399 e. The summed E-state index contributed by atoms with van der Waals surface area (Å²) in [4.78, 5) is 7.27. The molecular formula is C32H32Cl2F6N2O3. The highest BCUT2D eigenvalue weighted by molar-refractivity contribution is 6.42. The van der Waals surface area contributed by atoms with Gasteiger partial charge in [-0.25, -0.2) is 0 Å². The Kier molecular flexibility index (Phi) is 11.5. The Balaban J connectivity index is 1.50. The van der Waals surface area contributed by atoms with E-state index in [1.165, 1.54) is 7.11 Å². The van der Waals surface area contributed by atoms with Crippen LogP contribution in [-0.2, 0) is 34.1 Å². The Morgan fingerprint density at radius 1 is 0.911 bits per heavy atom. The van der Waals surface area contributed by atoms with Crippen molar-refractivity contribution in [2.24, 2.45) is 5.16 Å². The highest BCUT2D eigenvalue weighted by atomic mass is 35.5. The second kappa shape index (κ2) is 14.7. The van der Waals surface area contributed by atoms with Crippen LogP contribution in [0.2, 0.25) is 10.0 Å². The second-order valence-corrected chi connectivity index (χ2v) is 11.7. The van der Waals surface area contributed by atoms with Crippen LogP contribution in [-0.4, -0.2) is 49.1 Å². The van der Waals surface area contributed by atoms with Gasteiger partial charge in [0.2, 0.25) is 0 Å². The van der Waals surface area contributed by atoms with Gasteiger partial charge in [0.05, 0.1) is 45.7 Å². The molecule has 3 aromatic carbocycles. The van der Waals surface area contributed by atoms with Crippen molar-refractivity contribution in [2.45, 2.75) is 49.7 Å². The number of alkyl halides is 6. The van der Waals surface area contributed by atoms with Crippen molar-refractivity contribution in [1.82, 2.24) is 4.90 Å². The third-order valence-electron chi connectivity index (χ3n) is 7.85. The van der Waals surface area contributed by atoms with Crippen LogP contribution in [0.25, 0.3) is 0 Å². The van der Waals surface area contributed by atoms with Crippen molar-refractivity contribution >= 4 is 28.9 Å². The van der Waals surface area contributed by atoms with Crippen LogP contribution in [0.15, 0.2) is 71.9 Å². The van der Waals surface area contributed by atoms with E-state index >= 15 is 0 Å². The van der Waals surface area contributed by atoms with E-state index in [-0.39, 0.29) is 18.2 Å². The Morgan fingerprint density at radius 2 is 1.53 bits per heavy atom. The largest absolute Gasteiger partial charge is 0.416 e. The van der Waals surface area contributed by atoms with Crippen molar-refractivity contribution < 1.29 is 41.0 Å². The zero-order chi connectivity index (χ0) is 32.8. The first-order valence-electron chi connectivity index (χ1n) is 14.1. The van der Waals surface area contributed by atoms with Gasteiger partial charge >= 0.3 is 12.4 Å². The Labute approximate surface area is 267 Å². The molecule has 0 saturated carbocycles. The second-order valence-electron chi connectivity index (χ2n) is 10.9. The molecule has 1 heterocycles. The fourth-order valence-electron chi connectivity index (χ4n) is 5.43. The zero-order valence-electron chi connectivity index (χ0n) is 24.3. The molecule has 0 aromatic heterocycles. The van der Waals surface area contributed by atoms with Crippen LogP contribution in [0, 0.1) is 0 Å². The van der Waals surface area contributed by atoms with E-state index in [0.717, 1.165) is 11.1 Å². The number of nitrogens with zero attached hydrogens (tertiary/aromatic N) is 2. The van der Waals surface area contributed by atoms with Crippen LogP contribution >= 0.6 is 23.2 Å². The van der Waals surface area contributed by atoms with Crippen molar-refractivity contribution in [3.05, 3.63) is 105 Å². The molecule has 1 aliphatic heterocycles. The summed E-state index contributed by atoms with van der Waals surface area (Å²) in [6.07, 6.45) is -8.37. The van der Waals surface area contributed by atoms with Gasteiger partial charge in [-0.05, 0) is 72.8 Å². The number of aliphatic hydroxyl groups is 1. The van der Waals surface area contributed by atoms with Crippen molar-refractivity contribution in [3.8, 4) is 0 Å². The molecule has 3 aromatic rings. The highest BCUT2D eigenvalue weighted by Crippen LogP contribution is 2.37. The van der Waals surface area contributed by atoms with Gasteiger partial charge in [0, 0.05) is 19.0 Å². The minimum atomic E-state index is -4.97. The Morgan fingerprint density at radius 3 is 2.09 bits per heavy atom. The van der Waals surface area contributed by atoms with Gasteiger partial charge in [-0.2, -0.15) is 26.3 Å². The molecule has 0 aliphatic carbocycles. The number of oxime groups is 1. The Hall–Kier alpha value is -2.83. The molecule has 45 heavy (non-hydrogen) atoms. The number of halogens is 8. The first-order valence-corrected chi connectivity index (χ1v) is 14.9. The predicted molar refractivity (Wildman–Crippen MR) is 160 cm³/mol. The molecule has 0 bridgehead atoms. The van der Waals surface area contributed by atoms with E-state index in [0.29, 0.717) is 66.8 Å². The lowest BCUT2D eigenvalue weighted by Gasteiger charge is -2.39. The molecule has 1 fully saturated rings. The maximum atomic E-state index is 13.3. The van der Waals surface area contributed by atoms with Crippen molar-refractivity contribution in [2.75, 3.05) is 33.4 Å². The number of benzene rings is 3. The molecule has 0 amide bonds. The number of hydrogen-bond acceptors (Lipinski definition) is 5. The van der Waals surface area contributed by atoms with Gasteiger partial charge < -0.3 is 19.6 Å². The van der Waals surface area contributed by atoms with Gasteiger partial charge in [-0.15, -0.1) is 0 Å². The molecule has 1 aliphatic rings. The van der Waals surface area contributed by atoms with Crippen LogP contribution in [0.5, 0.6) is 0 Å². The van der Waals surface area contributed by atoms with Gasteiger partial charge in [0.1, 0.15) is 7.11 Å². The van der Waals surface area contributed by atoms with Gasteiger partial charge in [-0.1, -0.05) is 64.8 Å². The monoisotopic (exact) mass is 676 g/mol. The smallest absolute Gasteiger partial charge is 0.399 e. The number of ether oxygens (including phenoxy) is 1. The Bertz CT molecular complexity index is 1430. The lowest BCUT2D eigenvalue weighted by atomic mass is 9.84. The van der Waals surface area contributed by atoms with E-state index in [4.69, 9.17) is 32.8 Å². The van der Waals surface area contributed by atoms with Crippen LogP contribution < -0.4 is 0 Å². The summed E-state index contributed by atoms with van der Waals surface area (Å²) in [7, 11) is 1.32. The molecule has 4 rings (SSSR count). The van der Waals surface area contributed by atoms with Gasteiger partial charge in [0.15, 0.2) is 0 Å². The van der Waals surface area contributed by atoms with E-state index in [1.54, 1.807) is 18.2 Å². The minimum absolute atomic E-state index is 0.0723. The summed E-state index contributed by atoms with van der Waals surface area (Å²) in [6, 6.07) is 15.9. The summed E-state index contributed by atoms with van der Waals surface area (Å²) < 4.78 is 85.6. The SMILES string of the molecule is CO/N=C(/COCc1cc(C(F)(F)F)cc(C(F)(F)F)c1)C(CCN1CCC(O)(c2ccccc2)CC1)c1ccc(Cl)c(Cl)c1. The van der Waals surface area contributed by atoms with Crippen LogP contribution in [0.1, 0.15) is 53.0 Å². The molecule has 1 saturated heterocycles. The van der Waals surface area contributed by atoms with Gasteiger partial charge in [-0.3, -0.25) is 0 Å². The van der Waals surface area contributed by atoms with Crippen LogP contribution in [0.4, 0.5) is 26.3 Å². The third-order valence-corrected chi connectivity index (χ3v) is 8.59. The topological polar surface area (TPSA) is 54.3 Å². The first kappa shape index (κ1) is 35.0. The predicted octanol–water partition coefficient (Wildman–Crippen LogP) is 8.71. The molecular weight excluding hydrogens is 645 g/mol. The van der Waals surface area contributed by atoms with Crippen molar-refractivity contribution in [1.29, 1.82) is 0 Å². The fraction of sp³-hybridized carbons (Fsp3) is 0.406. The number of rotatable bonds is 11. The van der Waals surface area contributed by atoms with E-state index in [1.807, 2.05) is 30.3 Å². The maximum absolute atomic E-state index is 13.3. The first-order chi connectivity index (χ1) is 21.2. The average molecular weight is 678 g/mol. The fourth-order valence-corrected chi connectivity index (χ4v) is 5.74. The molecule has 244 valence electrons. The number of hydrogen-bond donors (Lipinski definition) is 1. The third kappa shape index (κ3) is 9.36. The normalized spacial score (nSPS) is 16.9. The molecule has 5 nitrogen and oxygen atoms in total. The molecule has 13 heteroatoms. The zero-order valence-corrected chi connectivity index (χ0v) is 25.8. The summed E-state index contributed by atoms with van der Waals surface area (Å²) in [5, 5.41) is 16.0. The lowest BCUT2D eigenvalue weighted by Crippen LogP contribution is -2.43. The molecule has 1 N–H and O–H groups in total. The average Bonchev–Trinajstić information content (AvgIpc) is 2.99. The molecule has 1 unspecified atom stereocenters. The number of piperidine rings is 1. The van der Waals surface area contributed by atoms with Crippen molar-refractivity contribution in [3.63, 3.8) is 0 Å². The number of likely N-dealkylation sites (tertiary alicyclic amines) is 1. The summed E-state index contributed by atoms with van der Waals surface area (Å²) >= 11 is 12.4. The van der Waals surface area contributed by atoms with E-state index < -0.39 is 41.6 Å². The maximum Gasteiger partial charge on any atom is 0.416 e. The van der Waals surface area contributed by atoms with E-state index in [9.17, 15) is 31.4 Å². The molecule has 1 atom stereocenters. The molecule has 0 spiro atoms. The van der Waals surface area contributed by atoms with Crippen LogP contribution in [0.3, 0.4) is 0 Å². The summed E-state index contributed by atoms with van der Waals surface area (Å²) in [5.41, 5.74) is -2.11. The highest BCUT2D eigenvalue weighted by Gasteiger charge is 2.37. The summed E-state index contributed by atoms with van der Waals surface area (Å²) in [5.74, 6) is -0.443. The van der Waals surface area contributed by atoms with E-state index in [2.05, 4.69) is 10.1 Å². The quantitative estimate of drug-likeness (QED) is 0.125. The van der Waals surface area contributed by atoms with Gasteiger partial charge in [0.25, 0.3) is 0 Å². The lowest BCUT2D eigenvalue weighted by molar-refractivity contribution is -0.143. The summed E-state index contributed by atoms with van der Waals surface area (Å²) in [6.45, 7) is 1.06.